The number of fused-ring (bicyclic) bond motifs is 1. The van der Waals surface area contributed by atoms with Gasteiger partial charge in [-0.25, -0.2) is 0 Å². The molecule has 0 bridgehead atoms. The Hall–Kier alpha value is -2.38. The van der Waals surface area contributed by atoms with E-state index in [0.717, 1.165) is 4.47 Å². The van der Waals surface area contributed by atoms with Gasteiger partial charge in [0.25, 0.3) is 0 Å². The molecule has 1 heteroatoms. The van der Waals surface area contributed by atoms with Crippen molar-refractivity contribution < 1.29 is 8.22 Å². The number of hydrogen-bond acceptors (Lipinski definition) is 0. The van der Waals surface area contributed by atoms with Crippen molar-refractivity contribution in [2.24, 2.45) is 0 Å². The Morgan fingerprint density at radius 1 is 0.609 bits per heavy atom. The summed E-state index contributed by atoms with van der Waals surface area (Å²) in [7, 11) is 0. The van der Waals surface area contributed by atoms with E-state index in [-0.39, 0.29) is 47.0 Å². The van der Waals surface area contributed by atoms with E-state index in [0.29, 0.717) is 22.3 Å². The van der Waals surface area contributed by atoms with Crippen molar-refractivity contribution in [2.45, 2.75) is 0 Å². The summed E-state index contributed by atoms with van der Waals surface area (Å²) in [5.41, 5.74) is 1.95. The SMILES string of the molecule is [2H]c1c([2H])c([2H])c2c(-c3ccc(Br)cc3)c([2H])c([2H])c(-c3ccccc3)c2c1[2H]. The van der Waals surface area contributed by atoms with Crippen LogP contribution < -0.4 is 0 Å². The lowest BCUT2D eigenvalue weighted by Gasteiger charge is -2.12. The Bertz CT molecular complexity index is 1250. The molecule has 110 valence electrons. The first-order valence-corrected chi connectivity index (χ1v) is 7.96. The molecule has 4 aromatic rings. The van der Waals surface area contributed by atoms with Gasteiger partial charge in [-0.15, -0.1) is 0 Å². The van der Waals surface area contributed by atoms with Gasteiger partial charge >= 0.3 is 0 Å². The van der Waals surface area contributed by atoms with Crippen molar-refractivity contribution in [3.8, 4) is 22.3 Å². The predicted molar refractivity (Wildman–Crippen MR) is 103 cm³/mol. The number of benzene rings is 4. The highest BCUT2D eigenvalue weighted by molar-refractivity contribution is 9.10. The summed E-state index contributed by atoms with van der Waals surface area (Å²) < 4.78 is 51.6. The molecule has 0 atom stereocenters. The topological polar surface area (TPSA) is 0 Å². The first-order valence-electron chi connectivity index (χ1n) is 10.2. The van der Waals surface area contributed by atoms with Crippen LogP contribution >= 0.6 is 15.9 Å². The average Bonchev–Trinajstić information content (AvgIpc) is 2.73. The van der Waals surface area contributed by atoms with Crippen LogP contribution in [0.3, 0.4) is 0 Å². The summed E-state index contributed by atoms with van der Waals surface area (Å²) in [5.74, 6) is 0. The molecule has 0 nitrogen and oxygen atoms in total. The molecule has 0 aromatic heterocycles. The van der Waals surface area contributed by atoms with E-state index in [1.54, 1.807) is 48.5 Å². The lowest BCUT2D eigenvalue weighted by atomic mass is 9.92. The van der Waals surface area contributed by atoms with Crippen molar-refractivity contribution in [1.29, 1.82) is 0 Å². The monoisotopic (exact) mass is 364 g/mol. The van der Waals surface area contributed by atoms with Gasteiger partial charge in [-0.1, -0.05) is 94.6 Å². The third-order valence-electron chi connectivity index (χ3n) is 3.70. The van der Waals surface area contributed by atoms with Crippen LogP contribution in [0.25, 0.3) is 33.0 Å². The van der Waals surface area contributed by atoms with Crippen molar-refractivity contribution in [1.82, 2.24) is 0 Å². The van der Waals surface area contributed by atoms with Crippen LogP contribution in [0.15, 0.2) is 95.3 Å². The lowest BCUT2D eigenvalue weighted by Crippen LogP contribution is -1.85. The fourth-order valence-corrected chi connectivity index (χ4v) is 2.86. The van der Waals surface area contributed by atoms with E-state index in [1.165, 1.54) is 0 Å². The van der Waals surface area contributed by atoms with Crippen LogP contribution in [0.1, 0.15) is 8.22 Å². The highest BCUT2D eigenvalue weighted by atomic mass is 79.9. The van der Waals surface area contributed by atoms with E-state index in [9.17, 15) is 0 Å². The maximum Gasteiger partial charge on any atom is 0.0630 e. The molecule has 0 aliphatic heterocycles. The summed E-state index contributed by atoms with van der Waals surface area (Å²) in [5, 5.41) is 0.527. The number of hydrogen-bond donors (Lipinski definition) is 0. The third kappa shape index (κ3) is 2.69. The maximum absolute atomic E-state index is 8.70. The van der Waals surface area contributed by atoms with Crippen LogP contribution in [-0.2, 0) is 0 Å². The zero-order valence-electron chi connectivity index (χ0n) is 18.1. The first kappa shape index (κ1) is 9.05. The van der Waals surface area contributed by atoms with Gasteiger partial charge in [-0.3, -0.25) is 0 Å². The number of halogens is 1. The standard InChI is InChI=1S/C22H15Br/c23-18-12-10-17(11-13-18)20-15-14-19(16-6-2-1-3-7-16)21-8-4-5-9-22(20)21/h1-15H/i4D,5D,8D,9D,14D,15D. The molecule has 0 radical (unpaired) electrons. The molecule has 0 saturated heterocycles. The van der Waals surface area contributed by atoms with Crippen LogP contribution in [0.5, 0.6) is 0 Å². The van der Waals surface area contributed by atoms with Gasteiger partial charge in [0.2, 0.25) is 0 Å². The fraction of sp³-hybridized carbons (Fsp3) is 0. The second-order valence-corrected chi connectivity index (χ2v) is 6.04. The van der Waals surface area contributed by atoms with Crippen LogP contribution in [0, 0.1) is 0 Å². The average molecular weight is 365 g/mol. The molecule has 0 N–H and O–H groups in total. The Morgan fingerprint density at radius 2 is 1.13 bits per heavy atom. The second kappa shape index (κ2) is 6.02. The second-order valence-electron chi connectivity index (χ2n) is 5.12. The molecular formula is C22H15Br. The zero-order valence-corrected chi connectivity index (χ0v) is 13.7. The zero-order chi connectivity index (χ0) is 20.9. The summed E-state index contributed by atoms with van der Waals surface area (Å²) in [6, 6.07) is 14.9. The molecule has 0 spiro atoms. The Labute approximate surface area is 153 Å². The normalized spacial score (nSPS) is 14.5. The van der Waals surface area contributed by atoms with E-state index in [2.05, 4.69) is 15.9 Å². The van der Waals surface area contributed by atoms with Gasteiger partial charge in [-0.2, -0.15) is 0 Å². The van der Waals surface area contributed by atoms with Gasteiger partial charge in [-0.05, 0) is 45.2 Å². The first-order chi connectivity index (χ1) is 13.8. The van der Waals surface area contributed by atoms with Gasteiger partial charge < -0.3 is 0 Å². The molecule has 23 heavy (non-hydrogen) atoms. The van der Waals surface area contributed by atoms with Crippen LogP contribution in [0.4, 0.5) is 0 Å². The minimum atomic E-state index is -0.350. The molecule has 0 amide bonds. The van der Waals surface area contributed by atoms with Crippen molar-refractivity contribution in [3.05, 3.63) is 95.3 Å². The summed E-state index contributed by atoms with van der Waals surface area (Å²) in [6.45, 7) is 0. The van der Waals surface area contributed by atoms with Crippen molar-refractivity contribution in [2.75, 3.05) is 0 Å². The molecule has 0 unspecified atom stereocenters. The van der Waals surface area contributed by atoms with Crippen LogP contribution in [-0.4, -0.2) is 0 Å². The van der Waals surface area contributed by atoms with Crippen molar-refractivity contribution in [3.63, 3.8) is 0 Å². The van der Waals surface area contributed by atoms with Gasteiger partial charge in [0, 0.05) is 4.47 Å². The highest BCUT2D eigenvalue weighted by Gasteiger charge is 2.08. The summed E-state index contributed by atoms with van der Waals surface area (Å²) in [4.78, 5) is 0. The largest absolute Gasteiger partial charge is 0.0630 e. The molecule has 0 heterocycles. The summed E-state index contributed by atoms with van der Waals surface area (Å²) in [6.07, 6.45) is 0. The van der Waals surface area contributed by atoms with Crippen molar-refractivity contribution >= 4 is 26.7 Å². The Balaban J connectivity index is 2.28. The highest BCUT2D eigenvalue weighted by Crippen LogP contribution is 2.35. The molecular weight excluding hydrogens is 344 g/mol. The Kier molecular flexibility index (Phi) is 2.37. The smallest absolute Gasteiger partial charge is 0.0622 e. The minimum absolute atomic E-state index is 0.0633. The Morgan fingerprint density at radius 3 is 1.70 bits per heavy atom. The molecule has 0 aliphatic rings. The van der Waals surface area contributed by atoms with Gasteiger partial charge in [0.1, 0.15) is 0 Å². The van der Waals surface area contributed by atoms with E-state index in [4.69, 9.17) is 8.22 Å². The van der Waals surface area contributed by atoms with Crippen LogP contribution in [0.2, 0.25) is 0 Å². The third-order valence-corrected chi connectivity index (χ3v) is 4.22. The van der Waals surface area contributed by atoms with Gasteiger partial charge in [0.05, 0.1) is 8.22 Å². The van der Waals surface area contributed by atoms with E-state index in [1.807, 2.05) is 6.07 Å². The molecule has 4 rings (SSSR count). The van der Waals surface area contributed by atoms with E-state index < -0.39 is 0 Å². The maximum atomic E-state index is 8.70. The molecule has 0 fully saturated rings. The molecule has 0 aliphatic carbocycles. The van der Waals surface area contributed by atoms with E-state index >= 15 is 0 Å². The minimum Gasteiger partial charge on any atom is -0.0622 e. The van der Waals surface area contributed by atoms with Gasteiger partial charge in [0.15, 0.2) is 0 Å². The predicted octanol–water partition coefficient (Wildman–Crippen LogP) is 6.94. The fourth-order valence-electron chi connectivity index (χ4n) is 2.59. The molecule has 4 aromatic carbocycles. The molecule has 0 saturated carbocycles. The summed E-state index contributed by atoms with van der Waals surface area (Å²) >= 11 is 3.38. The number of rotatable bonds is 2. The lowest BCUT2D eigenvalue weighted by molar-refractivity contribution is 1.61. The quantitative estimate of drug-likeness (QED) is 0.361.